The maximum absolute atomic E-state index is 10.8. The first-order valence-electron chi connectivity index (χ1n) is 7.18. The summed E-state index contributed by atoms with van der Waals surface area (Å²) in [4.78, 5) is 0. The molecule has 0 heterocycles. The summed E-state index contributed by atoms with van der Waals surface area (Å²) in [6, 6.07) is 6.55. The van der Waals surface area contributed by atoms with Crippen molar-refractivity contribution in [3.63, 3.8) is 0 Å². The summed E-state index contributed by atoms with van der Waals surface area (Å²) in [6.45, 7) is 8.85. The van der Waals surface area contributed by atoms with Crippen LogP contribution in [0.5, 0.6) is 0 Å². The fourth-order valence-electron chi connectivity index (χ4n) is 3.19. The Balaban J connectivity index is 2.15. The van der Waals surface area contributed by atoms with Crippen molar-refractivity contribution in [2.24, 2.45) is 11.8 Å². The van der Waals surface area contributed by atoms with Gasteiger partial charge >= 0.3 is 0 Å². The molecule has 1 fully saturated rings. The lowest BCUT2D eigenvalue weighted by Gasteiger charge is -2.39. The number of aryl methyl sites for hydroxylation is 2. The summed E-state index contributed by atoms with van der Waals surface area (Å²) in [5, 5.41) is 10.8. The van der Waals surface area contributed by atoms with E-state index in [1.807, 2.05) is 0 Å². The van der Waals surface area contributed by atoms with Crippen molar-refractivity contribution in [2.45, 2.75) is 59.0 Å². The molecule has 1 aliphatic rings. The minimum atomic E-state index is -0.482. The minimum absolute atomic E-state index is 0.482. The van der Waals surface area contributed by atoms with Gasteiger partial charge in [-0.15, -0.1) is 0 Å². The molecule has 1 aromatic rings. The van der Waals surface area contributed by atoms with Crippen LogP contribution in [0.15, 0.2) is 18.2 Å². The lowest BCUT2D eigenvalue weighted by atomic mass is 9.71. The van der Waals surface area contributed by atoms with E-state index in [0.717, 1.165) is 31.6 Å². The predicted molar refractivity (Wildman–Crippen MR) is 76.7 cm³/mol. The number of hydrogen-bond acceptors (Lipinski definition) is 1. The largest absolute Gasteiger partial charge is 0.390 e. The van der Waals surface area contributed by atoms with Gasteiger partial charge in [0.15, 0.2) is 0 Å². The molecule has 1 saturated carbocycles. The van der Waals surface area contributed by atoms with Gasteiger partial charge in [-0.3, -0.25) is 0 Å². The van der Waals surface area contributed by atoms with Gasteiger partial charge in [0.2, 0.25) is 0 Å². The number of rotatable bonds is 2. The molecule has 1 N–H and O–H groups in total. The zero-order chi connectivity index (χ0) is 13.3. The first-order chi connectivity index (χ1) is 8.39. The van der Waals surface area contributed by atoms with E-state index in [0.29, 0.717) is 5.92 Å². The quantitative estimate of drug-likeness (QED) is 0.835. The van der Waals surface area contributed by atoms with Crippen molar-refractivity contribution >= 4 is 0 Å². The van der Waals surface area contributed by atoms with Crippen LogP contribution in [0.2, 0.25) is 0 Å². The summed E-state index contributed by atoms with van der Waals surface area (Å²) in [7, 11) is 0. The van der Waals surface area contributed by atoms with Gasteiger partial charge in [0.05, 0.1) is 5.60 Å². The topological polar surface area (TPSA) is 20.2 Å². The van der Waals surface area contributed by atoms with Crippen LogP contribution in [0.25, 0.3) is 0 Å². The molecule has 18 heavy (non-hydrogen) atoms. The van der Waals surface area contributed by atoms with E-state index in [-0.39, 0.29) is 0 Å². The molecule has 2 rings (SSSR count). The lowest BCUT2D eigenvalue weighted by Crippen LogP contribution is -2.39. The van der Waals surface area contributed by atoms with Crippen molar-refractivity contribution in [3.8, 4) is 0 Å². The summed E-state index contributed by atoms with van der Waals surface area (Å²) in [6.07, 6.45) is 3.87. The van der Waals surface area contributed by atoms with E-state index >= 15 is 0 Å². The molecule has 0 saturated heterocycles. The van der Waals surface area contributed by atoms with Crippen LogP contribution in [-0.4, -0.2) is 10.7 Å². The highest BCUT2D eigenvalue weighted by Gasteiger charge is 2.36. The van der Waals surface area contributed by atoms with Gasteiger partial charge in [-0.25, -0.2) is 0 Å². The third-order valence-electron chi connectivity index (χ3n) is 4.76. The van der Waals surface area contributed by atoms with E-state index in [1.54, 1.807) is 0 Å². The molecule has 0 aliphatic heterocycles. The second-order valence-electron chi connectivity index (χ2n) is 6.53. The van der Waals surface area contributed by atoms with Gasteiger partial charge in [-0.2, -0.15) is 0 Å². The van der Waals surface area contributed by atoms with E-state index in [4.69, 9.17) is 0 Å². The Kier molecular flexibility index (Phi) is 3.82. The Morgan fingerprint density at radius 2 is 1.94 bits per heavy atom. The van der Waals surface area contributed by atoms with Crippen molar-refractivity contribution < 1.29 is 5.11 Å². The van der Waals surface area contributed by atoms with Crippen LogP contribution in [0.3, 0.4) is 0 Å². The van der Waals surface area contributed by atoms with Crippen molar-refractivity contribution in [2.75, 3.05) is 0 Å². The third-order valence-corrected chi connectivity index (χ3v) is 4.76. The highest BCUT2D eigenvalue weighted by atomic mass is 16.3. The van der Waals surface area contributed by atoms with Gasteiger partial charge in [0.1, 0.15) is 0 Å². The maximum Gasteiger partial charge on any atom is 0.0690 e. The summed E-state index contributed by atoms with van der Waals surface area (Å²) in [5.74, 6) is 1.39. The summed E-state index contributed by atoms with van der Waals surface area (Å²) >= 11 is 0. The molecular formula is C17H26O. The molecule has 3 atom stereocenters. The van der Waals surface area contributed by atoms with Crippen LogP contribution in [0.1, 0.15) is 49.8 Å². The molecule has 0 aromatic heterocycles. The van der Waals surface area contributed by atoms with Crippen LogP contribution < -0.4 is 0 Å². The maximum atomic E-state index is 10.8. The second-order valence-corrected chi connectivity index (χ2v) is 6.53. The fraction of sp³-hybridized carbons (Fsp3) is 0.647. The summed E-state index contributed by atoms with van der Waals surface area (Å²) < 4.78 is 0. The first kappa shape index (κ1) is 13.6. The average Bonchev–Trinajstić information content (AvgIpc) is 2.29. The molecule has 0 spiro atoms. The van der Waals surface area contributed by atoms with E-state index in [2.05, 4.69) is 45.9 Å². The van der Waals surface area contributed by atoms with Gasteiger partial charge in [-0.1, -0.05) is 37.6 Å². The van der Waals surface area contributed by atoms with Crippen molar-refractivity contribution in [3.05, 3.63) is 34.9 Å². The van der Waals surface area contributed by atoms with Gasteiger partial charge in [0.25, 0.3) is 0 Å². The zero-order valence-corrected chi connectivity index (χ0v) is 12.2. The molecule has 1 aliphatic carbocycles. The average molecular weight is 246 g/mol. The van der Waals surface area contributed by atoms with E-state index < -0.39 is 5.60 Å². The van der Waals surface area contributed by atoms with Crippen LogP contribution in [0.4, 0.5) is 0 Å². The second kappa shape index (κ2) is 5.05. The SMILES string of the molecule is Cc1ccc(C)c(CC2(O)CCC(C)C(C)C2)c1. The molecule has 100 valence electrons. The van der Waals surface area contributed by atoms with Crippen LogP contribution in [-0.2, 0) is 6.42 Å². The van der Waals surface area contributed by atoms with Gasteiger partial charge in [0, 0.05) is 6.42 Å². The number of hydrogen-bond donors (Lipinski definition) is 1. The number of benzene rings is 1. The zero-order valence-electron chi connectivity index (χ0n) is 12.2. The molecule has 0 bridgehead atoms. The monoisotopic (exact) mass is 246 g/mol. The normalized spacial score (nSPS) is 32.5. The Morgan fingerprint density at radius 1 is 1.22 bits per heavy atom. The lowest BCUT2D eigenvalue weighted by molar-refractivity contribution is -0.0280. The Labute approximate surface area is 111 Å². The van der Waals surface area contributed by atoms with Crippen LogP contribution in [0, 0.1) is 25.7 Å². The third kappa shape index (κ3) is 2.95. The fourth-order valence-corrected chi connectivity index (χ4v) is 3.19. The molecule has 1 nitrogen and oxygen atoms in total. The van der Waals surface area contributed by atoms with Gasteiger partial charge in [-0.05, 0) is 56.1 Å². The molecular weight excluding hydrogens is 220 g/mol. The Hall–Kier alpha value is -0.820. The highest BCUT2D eigenvalue weighted by Crippen LogP contribution is 2.38. The summed E-state index contributed by atoms with van der Waals surface area (Å²) in [5.41, 5.74) is 3.43. The molecule has 0 amide bonds. The van der Waals surface area contributed by atoms with Crippen molar-refractivity contribution in [1.82, 2.24) is 0 Å². The Bertz CT molecular complexity index is 424. The molecule has 1 heteroatoms. The minimum Gasteiger partial charge on any atom is -0.390 e. The van der Waals surface area contributed by atoms with Crippen LogP contribution >= 0.6 is 0 Å². The predicted octanol–water partition coefficient (Wildman–Crippen LogP) is 4.03. The molecule has 3 unspecified atom stereocenters. The Morgan fingerprint density at radius 3 is 2.61 bits per heavy atom. The van der Waals surface area contributed by atoms with E-state index in [1.165, 1.54) is 16.7 Å². The molecule has 1 aromatic carbocycles. The van der Waals surface area contributed by atoms with Gasteiger partial charge < -0.3 is 5.11 Å². The molecule has 0 radical (unpaired) electrons. The highest BCUT2D eigenvalue weighted by molar-refractivity contribution is 5.31. The smallest absolute Gasteiger partial charge is 0.0690 e. The first-order valence-corrected chi connectivity index (χ1v) is 7.18. The van der Waals surface area contributed by atoms with E-state index in [9.17, 15) is 5.11 Å². The number of aliphatic hydroxyl groups is 1. The standard InChI is InChI=1S/C17H26O/c1-12-5-6-14(3)16(9-12)11-17(18)8-7-13(2)15(4)10-17/h5-6,9,13,15,18H,7-8,10-11H2,1-4H3. The van der Waals surface area contributed by atoms with Crippen molar-refractivity contribution in [1.29, 1.82) is 0 Å².